The average molecular weight is 474 g/mol. The van der Waals surface area contributed by atoms with Crippen LogP contribution in [0.5, 0.6) is 0 Å². The Hall–Kier alpha value is -2.45. The minimum atomic E-state index is -4.32. The lowest BCUT2D eigenvalue weighted by atomic mass is 9.69. The second kappa shape index (κ2) is 8.96. The number of aryl methyl sites for hydroxylation is 1. The number of rotatable bonds is 3. The Morgan fingerprint density at radius 2 is 1.91 bits per heavy atom. The van der Waals surface area contributed by atoms with Crippen molar-refractivity contribution in [2.24, 2.45) is 5.92 Å². The highest BCUT2D eigenvalue weighted by Crippen LogP contribution is 2.42. The summed E-state index contributed by atoms with van der Waals surface area (Å²) in [6.07, 6.45) is -4.26. The van der Waals surface area contributed by atoms with Gasteiger partial charge in [-0.05, 0) is 30.4 Å². The Balaban J connectivity index is 1.44. The summed E-state index contributed by atoms with van der Waals surface area (Å²) in [5.41, 5.74) is 3.79. The van der Waals surface area contributed by atoms with Gasteiger partial charge in [-0.1, -0.05) is 30.3 Å². The van der Waals surface area contributed by atoms with Crippen LogP contribution in [0.1, 0.15) is 47.7 Å². The highest BCUT2D eigenvalue weighted by molar-refractivity contribution is 5.82. The first kappa shape index (κ1) is 23.3. The van der Waals surface area contributed by atoms with Crippen molar-refractivity contribution in [3.8, 4) is 0 Å². The van der Waals surface area contributed by atoms with E-state index in [1.165, 1.54) is 0 Å². The van der Waals surface area contributed by atoms with Crippen molar-refractivity contribution in [2.75, 3.05) is 26.2 Å². The number of pyridine rings is 1. The molecule has 2 aromatic rings. The van der Waals surface area contributed by atoms with Crippen LogP contribution in [0.15, 0.2) is 42.5 Å². The summed E-state index contributed by atoms with van der Waals surface area (Å²) < 4.78 is 40.8. The first-order chi connectivity index (χ1) is 16.3. The van der Waals surface area contributed by atoms with Gasteiger partial charge in [-0.15, -0.1) is 0 Å². The van der Waals surface area contributed by atoms with Crippen molar-refractivity contribution in [1.29, 1.82) is 0 Å². The number of likely N-dealkylation sites (tertiary alicyclic amines) is 1. The molecular formula is C26H32F3N4O+. The van der Waals surface area contributed by atoms with Gasteiger partial charge >= 0.3 is 6.18 Å². The molecule has 1 aromatic carbocycles. The molecule has 3 aliphatic heterocycles. The van der Waals surface area contributed by atoms with Gasteiger partial charge in [0.15, 0.2) is 11.4 Å². The molecule has 2 saturated heterocycles. The number of aromatic nitrogens is 1. The Bertz CT molecular complexity index is 1040. The number of aromatic amines is 1. The van der Waals surface area contributed by atoms with E-state index < -0.39 is 30.0 Å². The standard InChI is InChI=1S/C26H31F3N4O/c1-17-7-8-21-23(32-17)14-31-16-25(21)15-30-13-22(25)24(34)33-10-9-19(18-5-3-2-4-6-18)11-20(33)12-26(27,28)29/h2-8,19-20,22,30-31H,9-16H2,1H3/p+1/t19-,20+,22+,25-/m1/s1. The van der Waals surface area contributed by atoms with Crippen LogP contribution in [0, 0.1) is 12.8 Å². The second-order valence-corrected chi connectivity index (χ2v) is 10.1. The summed E-state index contributed by atoms with van der Waals surface area (Å²) in [4.78, 5) is 18.9. The van der Waals surface area contributed by atoms with Gasteiger partial charge in [0.2, 0.25) is 5.91 Å². The van der Waals surface area contributed by atoms with Gasteiger partial charge in [-0.3, -0.25) is 4.79 Å². The Morgan fingerprint density at radius 1 is 1.15 bits per heavy atom. The predicted molar refractivity (Wildman–Crippen MR) is 122 cm³/mol. The summed E-state index contributed by atoms with van der Waals surface area (Å²) in [5.74, 6) is -0.525. The maximum Gasteiger partial charge on any atom is 0.391 e. The molecule has 34 heavy (non-hydrogen) atoms. The van der Waals surface area contributed by atoms with Crippen molar-refractivity contribution < 1.29 is 22.9 Å². The number of carbonyl (C=O) groups is 1. The Kier molecular flexibility index (Phi) is 6.14. The molecule has 1 aromatic heterocycles. The number of carbonyl (C=O) groups excluding carboxylic acids is 1. The van der Waals surface area contributed by atoms with Crippen LogP contribution < -0.4 is 15.6 Å². The number of fused-ring (bicyclic) bond motifs is 2. The van der Waals surface area contributed by atoms with Crippen LogP contribution in [-0.4, -0.2) is 49.2 Å². The lowest BCUT2D eigenvalue weighted by molar-refractivity contribution is -0.402. The van der Waals surface area contributed by atoms with Gasteiger partial charge in [0, 0.05) is 56.2 Å². The number of hydrogen-bond donors (Lipinski definition) is 2. The quantitative estimate of drug-likeness (QED) is 0.721. The number of piperidine rings is 1. The SMILES string of the molecule is Cc1ccc2c([nH+]1)CNC[C@]21CNC[C@H]1C(=O)N1CC[C@@H](c2ccccc2)C[C@H]1CC(F)(F)F. The zero-order chi connectivity index (χ0) is 23.9. The van der Waals surface area contributed by atoms with Gasteiger partial charge in [0.25, 0.3) is 0 Å². The third-order valence-electron chi connectivity index (χ3n) is 7.94. The molecule has 0 saturated carbocycles. The normalized spacial score (nSPS) is 29.3. The van der Waals surface area contributed by atoms with E-state index in [2.05, 4.69) is 21.7 Å². The third kappa shape index (κ3) is 4.33. The molecule has 0 aliphatic carbocycles. The number of benzene rings is 1. The molecule has 8 heteroatoms. The van der Waals surface area contributed by atoms with Gasteiger partial charge in [-0.25, -0.2) is 4.98 Å². The van der Waals surface area contributed by atoms with E-state index in [9.17, 15) is 18.0 Å². The molecule has 5 rings (SSSR count). The fraction of sp³-hybridized carbons (Fsp3) is 0.538. The van der Waals surface area contributed by atoms with Gasteiger partial charge in [0.05, 0.1) is 18.9 Å². The lowest BCUT2D eigenvalue weighted by Crippen LogP contribution is -2.57. The smallest absolute Gasteiger partial charge is 0.339 e. The second-order valence-electron chi connectivity index (χ2n) is 10.1. The van der Waals surface area contributed by atoms with Crippen LogP contribution in [0.3, 0.4) is 0 Å². The van der Waals surface area contributed by atoms with Crippen LogP contribution in [-0.2, 0) is 16.8 Å². The minimum Gasteiger partial charge on any atom is -0.339 e. The number of amides is 1. The van der Waals surface area contributed by atoms with Crippen molar-refractivity contribution in [1.82, 2.24) is 15.5 Å². The fourth-order valence-corrected chi connectivity index (χ4v) is 6.35. The van der Waals surface area contributed by atoms with E-state index in [1.807, 2.05) is 43.3 Å². The van der Waals surface area contributed by atoms with Crippen LogP contribution in [0.4, 0.5) is 13.2 Å². The molecule has 0 bridgehead atoms. The van der Waals surface area contributed by atoms with E-state index >= 15 is 0 Å². The summed E-state index contributed by atoms with van der Waals surface area (Å²) in [5, 5.41) is 6.83. The molecule has 4 heterocycles. The molecule has 3 N–H and O–H groups in total. The largest absolute Gasteiger partial charge is 0.391 e. The Morgan fingerprint density at radius 3 is 2.68 bits per heavy atom. The minimum absolute atomic E-state index is 0.0305. The highest BCUT2D eigenvalue weighted by Gasteiger charge is 2.54. The molecule has 0 radical (unpaired) electrons. The number of alkyl halides is 3. The lowest BCUT2D eigenvalue weighted by Gasteiger charge is -2.44. The molecule has 182 valence electrons. The van der Waals surface area contributed by atoms with Crippen molar-refractivity contribution in [3.63, 3.8) is 0 Å². The summed E-state index contributed by atoms with van der Waals surface area (Å²) in [6, 6.07) is 13.0. The van der Waals surface area contributed by atoms with Crippen molar-refractivity contribution in [2.45, 2.75) is 56.3 Å². The molecule has 3 aliphatic rings. The van der Waals surface area contributed by atoms with Gasteiger partial charge in [0.1, 0.15) is 0 Å². The molecule has 2 fully saturated rings. The first-order valence-electron chi connectivity index (χ1n) is 12.1. The van der Waals surface area contributed by atoms with Crippen LogP contribution >= 0.6 is 0 Å². The highest BCUT2D eigenvalue weighted by atomic mass is 19.4. The fourth-order valence-electron chi connectivity index (χ4n) is 6.35. The summed E-state index contributed by atoms with van der Waals surface area (Å²) >= 11 is 0. The Labute approximate surface area is 198 Å². The maximum absolute atomic E-state index is 14.0. The monoisotopic (exact) mass is 473 g/mol. The van der Waals surface area contributed by atoms with Crippen LogP contribution in [0.25, 0.3) is 0 Å². The summed E-state index contributed by atoms with van der Waals surface area (Å²) in [7, 11) is 0. The molecule has 1 spiro atoms. The zero-order valence-corrected chi connectivity index (χ0v) is 19.4. The van der Waals surface area contributed by atoms with Crippen LogP contribution in [0.2, 0.25) is 0 Å². The first-order valence-corrected chi connectivity index (χ1v) is 12.1. The number of H-pyrrole nitrogens is 1. The van der Waals surface area contributed by atoms with Crippen molar-refractivity contribution >= 4 is 5.91 Å². The number of halogens is 3. The van der Waals surface area contributed by atoms with Crippen molar-refractivity contribution in [3.05, 3.63) is 65.0 Å². The van der Waals surface area contributed by atoms with E-state index in [4.69, 9.17) is 0 Å². The molecule has 5 nitrogen and oxygen atoms in total. The predicted octanol–water partition coefficient (Wildman–Crippen LogP) is 3.10. The number of nitrogens with zero attached hydrogens (tertiary/aromatic N) is 1. The van der Waals surface area contributed by atoms with E-state index in [0.29, 0.717) is 45.6 Å². The molecule has 1 amide bonds. The topological polar surface area (TPSA) is 58.5 Å². The molecular weight excluding hydrogens is 441 g/mol. The number of nitrogens with one attached hydrogen (secondary N) is 3. The average Bonchev–Trinajstić information content (AvgIpc) is 3.22. The zero-order valence-electron chi connectivity index (χ0n) is 19.4. The van der Waals surface area contributed by atoms with E-state index in [1.54, 1.807) is 4.90 Å². The van der Waals surface area contributed by atoms with E-state index in [0.717, 1.165) is 22.5 Å². The van der Waals surface area contributed by atoms with E-state index in [-0.39, 0.29) is 11.8 Å². The number of hydrogen-bond acceptors (Lipinski definition) is 3. The maximum atomic E-state index is 14.0. The molecule has 0 unspecified atom stereocenters. The van der Waals surface area contributed by atoms with Gasteiger partial charge in [-0.2, -0.15) is 13.2 Å². The summed E-state index contributed by atoms with van der Waals surface area (Å²) in [6.45, 7) is 4.78. The van der Waals surface area contributed by atoms with Gasteiger partial charge < -0.3 is 15.5 Å². The third-order valence-corrected chi connectivity index (χ3v) is 7.94. The molecule has 4 atom stereocenters.